The number of fused-ring (bicyclic) bond motifs is 2. The lowest BCUT2D eigenvalue weighted by Gasteiger charge is -2.20. The van der Waals surface area contributed by atoms with Crippen molar-refractivity contribution in [3.63, 3.8) is 0 Å². The van der Waals surface area contributed by atoms with Gasteiger partial charge < -0.3 is 10.1 Å². The fourth-order valence-corrected chi connectivity index (χ4v) is 3.49. The largest absolute Gasteiger partial charge is 0.465 e. The van der Waals surface area contributed by atoms with Gasteiger partial charge in [0, 0.05) is 11.6 Å². The summed E-state index contributed by atoms with van der Waals surface area (Å²) < 4.78 is 4.80. The Balaban J connectivity index is 1.71. The summed E-state index contributed by atoms with van der Waals surface area (Å²) in [6, 6.07) is 5.20. The van der Waals surface area contributed by atoms with E-state index in [2.05, 4.69) is 17.5 Å². The highest BCUT2D eigenvalue weighted by molar-refractivity contribution is 6.31. The van der Waals surface area contributed by atoms with Crippen LogP contribution in [-0.4, -0.2) is 19.6 Å². The number of hydrogen-bond acceptors (Lipinski definition) is 3. The number of methoxy groups -OCH3 is 1. The third-order valence-corrected chi connectivity index (χ3v) is 4.59. The van der Waals surface area contributed by atoms with Crippen molar-refractivity contribution in [3.05, 3.63) is 40.9 Å². The number of benzene rings is 1. The number of allylic oxidation sites excluding steroid dienone is 2. The second kappa shape index (κ2) is 5.49. The van der Waals surface area contributed by atoms with E-state index < -0.39 is 0 Å². The molecule has 2 bridgehead atoms. The van der Waals surface area contributed by atoms with E-state index in [1.54, 1.807) is 18.2 Å². The van der Waals surface area contributed by atoms with Crippen molar-refractivity contribution < 1.29 is 9.53 Å². The maximum Gasteiger partial charge on any atom is 0.339 e. The molecule has 20 heavy (non-hydrogen) atoms. The highest BCUT2D eigenvalue weighted by atomic mass is 35.5. The molecule has 1 saturated carbocycles. The van der Waals surface area contributed by atoms with E-state index in [0.29, 0.717) is 22.4 Å². The summed E-state index contributed by atoms with van der Waals surface area (Å²) in [5.41, 5.74) is 1.30. The van der Waals surface area contributed by atoms with Gasteiger partial charge >= 0.3 is 5.97 Å². The Hall–Kier alpha value is -1.48. The van der Waals surface area contributed by atoms with E-state index in [9.17, 15) is 4.79 Å². The molecule has 3 rings (SSSR count). The third kappa shape index (κ3) is 2.55. The maximum atomic E-state index is 11.8. The number of esters is 1. The zero-order chi connectivity index (χ0) is 14.1. The summed E-state index contributed by atoms with van der Waals surface area (Å²) >= 11 is 6.02. The van der Waals surface area contributed by atoms with Crippen molar-refractivity contribution >= 4 is 23.3 Å². The lowest BCUT2D eigenvalue weighted by molar-refractivity contribution is 0.0602. The Morgan fingerprint density at radius 3 is 2.90 bits per heavy atom. The van der Waals surface area contributed by atoms with Crippen molar-refractivity contribution in [2.24, 2.45) is 17.8 Å². The monoisotopic (exact) mass is 291 g/mol. The molecule has 106 valence electrons. The summed E-state index contributed by atoms with van der Waals surface area (Å²) in [6.07, 6.45) is 7.19. The van der Waals surface area contributed by atoms with Crippen LogP contribution >= 0.6 is 11.6 Å². The lowest BCUT2D eigenvalue weighted by atomic mass is 9.93. The van der Waals surface area contributed by atoms with E-state index >= 15 is 0 Å². The van der Waals surface area contributed by atoms with Gasteiger partial charge in [0.15, 0.2) is 0 Å². The molecule has 3 atom stereocenters. The number of nitrogens with one attached hydrogen (secondary N) is 1. The molecule has 0 radical (unpaired) electrons. The average Bonchev–Trinajstić information content (AvgIpc) is 3.07. The van der Waals surface area contributed by atoms with E-state index in [0.717, 1.165) is 18.2 Å². The van der Waals surface area contributed by atoms with E-state index in [-0.39, 0.29) is 5.97 Å². The van der Waals surface area contributed by atoms with Crippen LogP contribution in [0.4, 0.5) is 5.69 Å². The average molecular weight is 292 g/mol. The zero-order valence-electron chi connectivity index (χ0n) is 11.4. The number of carbonyl (C=O) groups is 1. The van der Waals surface area contributed by atoms with Crippen LogP contribution in [-0.2, 0) is 4.74 Å². The van der Waals surface area contributed by atoms with Crippen LogP contribution in [0.3, 0.4) is 0 Å². The first-order valence-corrected chi connectivity index (χ1v) is 7.35. The quantitative estimate of drug-likeness (QED) is 0.678. The van der Waals surface area contributed by atoms with E-state index in [1.165, 1.54) is 20.0 Å². The van der Waals surface area contributed by atoms with Gasteiger partial charge in [-0.3, -0.25) is 0 Å². The zero-order valence-corrected chi connectivity index (χ0v) is 12.2. The van der Waals surface area contributed by atoms with Crippen molar-refractivity contribution in [2.75, 3.05) is 19.0 Å². The number of ether oxygens (including phenoxy) is 1. The van der Waals surface area contributed by atoms with Crippen LogP contribution in [0.1, 0.15) is 23.2 Å². The number of carbonyl (C=O) groups excluding carboxylic acids is 1. The Bertz CT molecular complexity index is 555. The van der Waals surface area contributed by atoms with Gasteiger partial charge in [-0.25, -0.2) is 4.79 Å². The minimum Gasteiger partial charge on any atom is -0.465 e. The molecule has 1 N–H and O–H groups in total. The van der Waals surface area contributed by atoms with Crippen molar-refractivity contribution in [1.29, 1.82) is 0 Å². The van der Waals surface area contributed by atoms with Gasteiger partial charge in [-0.2, -0.15) is 0 Å². The Morgan fingerprint density at radius 1 is 1.40 bits per heavy atom. The normalized spacial score (nSPS) is 26.8. The predicted octanol–water partition coefficient (Wildman–Crippen LogP) is 3.75. The molecule has 1 aromatic carbocycles. The molecule has 3 unspecified atom stereocenters. The predicted molar refractivity (Wildman–Crippen MR) is 80.1 cm³/mol. The molecule has 4 heteroatoms. The van der Waals surface area contributed by atoms with Crippen LogP contribution < -0.4 is 5.32 Å². The molecule has 0 saturated heterocycles. The Kier molecular flexibility index (Phi) is 3.70. The molecule has 0 aliphatic heterocycles. The fraction of sp³-hybridized carbons (Fsp3) is 0.438. The molecule has 0 heterocycles. The summed E-state index contributed by atoms with van der Waals surface area (Å²) in [5, 5.41) is 4.00. The second-order valence-electron chi connectivity index (χ2n) is 5.60. The SMILES string of the molecule is COC(=O)c1ccc(Cl)cc1NCC1CC2C=CC1C2. The van der Waals surface area contributed by atoms with E-state index in [1.807, 2.05) is 0 Å². The van der Waals surface area contributed by atoms with Crippen molar-refractivity contribution in [1.82, 2.24) is 0 Å². The molecule has 1 fully saturated rings. The fourth-order valence-electron chi connectivity index (χ4n) is 3.32. The number of halogens is 1. The van der Waals surface area contributed by atoms with Crippen LogP contribution in [0, 0.1) is 17.8 Å². The molecule has 2 aliphatic rings. The van der Waals surface area contributed by atoms with E-state index in [4.69, 9.17) is 16.3 Å². The van der Waals surface area contributed by atoms with Crippen LogP contribution in [0.15, 0.2) is 30.4 Å². The number of anilines is 1. The third-order valence-electron chi connectivity index (χ3n) is 4.36. The molecule has 3 nitrogen and oxygen atoms in total. The van der Waals surface area contributed by atoms with Crippen molar-refractivity contribution in [2.45, 2.75) is 12.8 Å². The van der Waals surface area contributed by atoms with Gasteiger partial charge in [-0.05, 0) is 48.8 Å². The minimum absolute atomic E-state index is 0.336. The molecule has 0 amide bonds. The van der Waals surface area contributed by atoms with Gasteiger partial charge in [-0.15, -0.1) is 0 Å². The molecule has 0 spiro atoms. The second-order valence-corrected chi connectivity index (χ2v) is 6.04. The minimum atomic E-state index is -0.336. The summed E-state index contributed by atoms with van der Waals surface area (Å²) in [4.78, 5) is 11.8. The highest BCUT2D eigenvalue weighted by Gasteiger charge is 2.35. The molecule has 2 aliphatic carbocycles. The highest BCUT2D eigenvalue weighted by Crippen LogP contribution is 2.43. The maximum absolute atomic E-state index is 11.8. The van der Waals surface area contributed by atoms with Gasteiger partial charge in [-0.1, -0.05) is 23.8 Å². The Morgan fingerprint density at radius 2 is 2.25 bits per heavy atom. The summed E-state index contributed by atoms with van der Waals surface area (Å²) in [6.45, 7) is 0.871. The van der Waals surface area contributed by atoms with Crippen molar-refractivity contribution in [3.8, 4) is 0 Å². The molecule has 0 aromatic heterocycles. The number of hydrogen-bond donors (Lipinski definition) is 1. The standard InChI is InChI=1S/C16H18ClNO2/c1-20-16(19)14-5-4-13(17)8-15(14)18-9-12-7-10-2-3-11(12)6-10/h2-5,8,10-12,18H,6-7,9H2,1H3. The molecular formula is C16H18ClNO2. The first-order chi connectivity index (χ1) is 9.67. The van der Waals surface area contributed by atoms with Crippen LogP contribution in [0.5, 0.6) is 0 Å². The van der Waals surface area contributed by atoms with Gasteiger partial charge in [0.25, 0.3) is 0 Å². The smallest absolute Gasteiger partial charge is 0.339 e. The van der Waals surface area contributed by atoms with Gasteiger partial charge in [0.05, 0.1) is 18.4 Å². The Labute approximate surface area is 124 Å². The first kappa shape index (κ1) is 13.5. The first-order valence-electron chi connectivity index (χ1n) is 6.97. The van der Waals surface area contributed by atoms with Crippen LogP contribution in [0.25, 0.3) is 0 Å². The number of rotatable bonds is 4. The molecule has 1 aromatic rings. The molecular weight excluding hydrogens is 274 g/mol. The van der Waals surface area contributed by atoms with Gasteiger partial charge in [0.2, 0.25) is 0 Å². The summed E-state index contributed by atoms with van der Waals surface area (Å²) in [5.74, 6) is 1.76. The summed E-state index contributed by atoms with van der Waals surface area (Å²) in [7, 11) is 1.39. The topological polar surface area (TPSA) is 38.3 Å². The van der Waals surface area contributed by atoms with Crippen LogP contribution in [0.2, 0.25) is 5.02 Å². The van der Waals surface area contributed by atoms with Gasteiger partial charge in [0.1, 0.15) is 0 Å². The lowest BCUT2D eigenvalue weighted by Crippen LogP contribution is -2.19.